The Morgan fingerprint density at radius 3 is 2.38 bits per heavy atom. The Labute approximate surface area is 132 Å². The largest absolute Gasteiger partial charge is 0.384 e. The number of benzene rings is 2. The Morgan fingerprint density at radius 2 is 1.86 bits per heavy atom. The van der Waals surface area contributed by atoms with Crippen molar-refractivity contribution < 1.29 is 4.39 Å². The standard InChI is InChI=1S/C16H17BrFN3/c1-3-21(11-6-4-10(2)5-7-11)13-9-8-12(16(19)20)14(17)15(13)18/h4-9H,3H2,1-2H3,(H3,19,20). The molecule has 2 aromatic rings. The van der Waals surface area contributed by atoms with E-state index < -0.39 is 5.82 Å². The third kappa shape index (κ3) is 3.08. The molecule has 0 spiro atoms. The van der Waals surface area contributed by atoms with E-state index in [0.29, 0.717) is 17.8 Å². The Kier molecular flexibility index (Phi) is 4.63. The molecule has 0 bridgehead atoms. The predicted molar refractivity (Wildman–Crippen MR) is 89.0 cm³/mol. The van der Waals surface area contributed by atoms with E-state index in [2.05, 4.69) is 15.9 Å². The zero-order valence-corrected chi connectivity index (χ0v) is 13.5. The Hall–Kier alpha value is -1.88. The van der Waals surface area contributed by atoms with E-state index in [-0.39, 0.29) is 10.3 Å². The van der Waals surface area contributed by atoms with E-state index in [1.165, 1.54) is 0 Å². The van der Waals surface area contributed by atoms with Crippen LogP contribution in [0.3, 0.4) is 0 Å². The van der Waals surface area contributed by atoms with Gasteiger partial charge in [-0.05, 0) is 54.0 Å². The van der Waals surface area contributed by atoms with Crippen LogP contribution in [0, 0.1) is 18.2 Å². The van der Waals surface area contributed by atoms with Crippen LogP contribution in [0.2, 0.25) is 0 Å². The number of anilines is 2. The van der Waals surface area contributed by atoms with Crippen LogP contribution in [0.4, 0.5) is 15.8 Å². The van der Waals surface area contributed by atoms with Crippen LogP contribution in [0.15, 0.2) is 40.9 Å². The Balaban J connectivity index is 2.50. The number of nitrogens with two attached hydrogens (primary N) is 1. The van der Waals surface area contributed by atoms with E-state index in [0.717, 1.165) is 11.3 Å². The highest BCUT2D eigenvalue weighted by Crippen LogP contribution is 2.33. The maximum Gasteiger partial charge on any atom is 0.161 e. The van der Waals surface area contributed by atoms with Gasteiger partial charge in [-0.1, -0.05) is 17.7 Å². The number of amidine groups is 1. The molecule has 0 saturated heterocycles. The van der Waals surface area contributed by atoms with Gasteiger partial charge in [0.2, 0.25) is 0 Å². The first kappa shape index (κ1) is 15.5. The van der Waals surface area contributed by atoms with Gasteiger partial charge < -0.3 is 10.6 Å². The van der Waals surface area contributed by atoms with E-state index in [9.17, 15) is 4.39 Å². The van der Waals surface area contributed by atoms with Gasteiger partial charge in [-0.3, -0.25) is 5.41 Å². The fourth-order valence-corrected chi connectivity index (χ4v) is 2.72. The second-order valence-electron chi connectivity index (χ2n) is 4.75. The molecule has 0 atom stereocenters. The maximum absolute atomic E-state index is 14.6. The average molecular weight is 350 g/mol. The molecule has 3 nitrogen and oxygen atoms in total. The van der Waals surface area contributed by atoms with Crippen molar-refractivity contribution in [3.05, 3.63) is 57.8 Å². The molecule has 0 aliphatic heterocycles. The highest BCUT2D eigenvalue weighted by atomic mass is 79.9. The molecule has 2 rings (SSSR count). The molecule has 0 aromatic heterocycles. The molecule has 0 radical (unpaired) electrons. The first-order valence-electron chi connectivity index (χ1n) is 6.62. The van der Waals surface area contributed by atoms with Gasteiger partial charge in [-0.15, -0.1) is 0 Å². The lowest BCUT2D eigenvalue weighted by atomic mass is 10.1. The fraction of sp³-hybridized carbons (Fsp3) is 0.188. The average Bonchev–Trinajstić information content (AvgIpc) is 2.45. The molecule has 3 N–H and O–H groups in total. The second-order valence-corrected chi connectivity index (χ2v) is 5.55. The number of rotatable bonds is 4. The van der Waals surface area contributed by atoms with Crippen molar-refractivity contribution in [2.75, 3.05) is 11.4 Å². The van der Waals surface area contributed by atoms with Crippen LogP contribution in [-0.4, -0.2) is 12.4 Å². The van der Waals surface area contributed by atoms with Crippen LogP contribution < -0.4 is 10.6 Å². The van der Waals surface area contributed by atoms with E-state index in [1.807, 2.05) is 43.0 Å². The third-order valence-corrected chi connectivity index (χ3v) is 4.08. The number of halogens is 2. The van der Waals surface area contributed by atoms with Crippen molar-refractivity contribution in [1.82, 2.24) is 0 Å². The maximum atomic E-state index is 14.6. The van der Waals surface area contributed by atoms with Gasteiger partial charge in [0, 0.05) is 17.8 Å². The predicted octanol–water partition coefficient (Wildman–Crippen LogP) is 4.34. The van der Waals surface area contributed by atoms with Crippen molar-refractivity contribution in [1.29, 1.82) is 5.41 Å². The lowest BCUT2D eigenvalue weighted by molar-refractivity contribution is 0.618. The molecule has 0 saturated carbocycles. The summed E-state index contributed by atoms with van der Waals surface area (Å²) in [6, 6.07) is 11.2. The van der Waals surface area contributed by atoms with E-state index in [1.54, 1.807) is 12.1 Å². The minimum absolute atomic E-state index is 0.161. The highest BCUT2D eigenvalue weighted by molar-refractivity contribution is 9.10. The highest BCUT2D eigenvalue weighted by Gasteiger charge is 2.17. The van der Waals surface area contributed by atoms with Crippen LogP contribution >= 0.6 is 15.9 Å². The van der Waals surface area contributed by atoms with Crippen molar-refractivity contribution in [2.45, 2.75) is 13.8 Å². The number of aryl methyl sites for hydroxylation is 1. The molecule has 110 valence electrons. The first-order valence-corrected chi connectivity index (χ1v) is 7.41. The van der Waals surface area contributed by atoms with Gasteiger partial charge in [0.05, 0.1) is 10.2 Å². The van der Waals surface area contributed by atoms with Gasteiger partial charge >= 0.3 is 0 Å². The number of hydrogen-bond donors (Lipinski definition) is 2. The summed E-state index contributed by atoms with van der Waals surface area (Å²) in [5.74, 6) is -0.573. The van der Waals surface area contributed by atoms with Crippen molar-refractivity contribution in [3.63, 3.8) is 0 Å². The van der Waals surface area contributed by atoms with Crippen molar-refractivity contribution in [2.24, 2.45) is 5.73 Å². The number of nitrogens with zero attached hydrogens (tertiary/aromatic N) is 1. The van der Waals surface area contributed by atoms with Gasteiger partial charge in [0.15, 0.2) is 5.82 Å². The lowest BCUT2D eigenvalue weighted by Gasteiger charge is -2.25. The summed E-state index contributed by atoms with van der Waals surface area (Å²) in [4.78, 5) is 1.88. The monoisotopic (exact) mass is 349 g/mol. The summed E-state index contributed by atoms with van der Waals surface area (Å²) >= 11 is 3.19. The molecule has 5 heteroatoms. The normalized spacial score (nSPS) is 10.5. The molecule has 2 aromatic carbocycles. The van der Waals surface area contributed by atoms with E-state index >= 15 is 0 Å². The summed E-state index contributed by atoms with van der Waals surface area (Å²) in [6.07, 6.45) is 0. The SMILES string of the molecule is CCN(c1ccc(C)cc1)c1ccc(C(=N)N)c(Br)c1F. The molecule has 0 amide bonds. The third-order valence-electron chi connectivity index (χ3n) is 3.30. The molecule has 0 aliphatic rings. The molecule has 0 heterocycles. The quantitative estimate of drug-likeness (QED) is 0.637. The molecule has 21 heavy (non-hydrogen) atoms. The van der Waals surface area contributed by atoms with E-state index in [4.69, 9.17) is 11.1 Å². The summed E-state index contributed by atoms with van der Waals surface area (Å²) < 4.78 is 14.8. The van der Waals surface area contributed by atoms with Crippen molar-refractivity contribution >= 4 is 33.1 Å². The molecular formula is C16H17BrFN3. The zero-order chi connectivity index (χ0) is 15.6. The second kappa shape index (κ2) is 6.26. The molecule has 0 aliphatic carbocycles. The van der Waals surface area contributed by atoms with Gasteiger partial charge in [-0.2, -0.15) is 0 Å². The van der Waals surface area contributed by atoms with Gasteiger partial charge in [0.25, 0.3) is 0 Å². The minimum Gasteiger partial charge on any atom is -0.384 e. The number of hydrogen-bond acceptors (Lipinski definition) is 2. The Morgan fingerprint density at radius 1 is 1.24 bits per heavy atom. The molecule has 0 fully saturated rings. The summed E-state index contributed by atoms with van der Waals surface area (Å²) in [5, 5.41) is 7.45. The van der Waals surface area contributed by atoms with Crippen LogP contribution in [0.1, 0.15) is 18.1 Å². The molecular weight excluding hydrogens is 333 g/mol. The topological polar surface area (TPSA) is 53.1 Å². The zero-order valence-electron chi connectivity index (χ0n) is 12.0. The molecule has 0 unspecified atom stereocenters. The summed E-state index contributed by atoms with van der Waals surface area (Å²) in [7, 11) is 0. The van der Waals surface area contributed by atoms with Crippen LogP contribution in [0.25, 0.3) is 0 Å². The summed E-state index contributed by atoms with van der Waals surface area (Å²) in [5.41, 5.74) is 8.33. The van der Waals surface area contributed by atoms with Crippen LogP contribution in [0.5, 0.6) is 0 Å². The van der Waals surface area contributed by atoms with Gasteiger partial charge in [0.1, 0.15) is 5.84 Å². The first-order chi connectivity index (χ1) is 9.95. The summed E-state index contributed by atoms with van der Waals surface area (Å²) in [6.45, 7) is 4.61. The van der Waals surface area contributed by atoms with Gasteiger partial charge in [-0.25, -0.2) is 4.39 Å². The lowest BCUT2D eigenvalue weighted by Crippen LogP contribution is -2.19. The Bertz CT molecular complexity index is 668. The fourth-order valence-electron chi connectivity index (χ4n) is 2.17. The number of nitrogens with one attached hydrogen (secondary N) is 1. The van der Waals surface area contributed by atoms with Crippen molar-refractivity contribution in [3.8, 4) is 0 Å². The minimum atomic E-state index is -0.412. The van der Waals surface area contributed by atoms with Crippen LogP contribution in [-0.2, 0) is 0 Å². The number of nitrogen functional groups attached to an aromatic ring is 1. The smallest absolute Gasteiger partial charge is 0.161 e.